The Balaban J connectivity index is 1.85. The molecule has 3 rings (SSSR count). The maximum absolute atomic E-state index is 11.1. The summed E-state index contributed by atoms with van der Waals surface area (Å²) in [6.45, 7) is 2.21. The molecule has 2 aliphatic rings. The van der Waals surface area contributed by atoms with E-state index in [0.717, 1.165) is 29.6 Å². The SMILES string of the molecule is CC(C1CC1)n1nnc(CC(N)=O)c1CC1CC1. The van der Waals surface area contributed by atoms with Crippen LogP contribution in [0, 0.1) is 11.8 Å². The van der Waals surface area contributed by atoms with Gasteiger partial charge in [0.25, 0.3) is 0 Å². The number of primary amides is 1. The zero-order valence-electron chi connectivity index (χ0n) is 10.8. The van der Waals surface area contributed by atoms with E-state index in [4.69, 9.17) is 5.73 Å². The van der Waals surface area contributed by atoms with E-state index in [1.807, 2.05) is 4.68 Å². The highest BCUT2D eigenvalue weighted by molar-refractivity contribution is 5.76. The molecule has 0 aliphatic heterocycles. The van der Waals surface area contributed by atoms with Gasteiger partial charge >= 0.3 is 0 Å². The number of aromatic nitrogens is 3. The molecule has 2 aliphatic carbocycles. The summed E-state index contributed by atoms with van der Waals surface area (Å²) in [6.07, 6.45) is 6.38. The van der Waals surface area contributed by atoms with Crippen molar-refractivity contribution in [2.75, 3.05) is 0 Å². The van der Waals surface area contributed by atoms with Crippen LogP contribution in [-0.2, 0) is 17.6 Å². The van der Waals surface area contributed by atoms with Crippen molar-refractivity contribution in [2.45, 2.75) is 51.5 Å². The van der Waals surface area contributed by atoms with Crippen molar-refractivity contribution in [3.05, 3.63) is 11.4 Å². The first-order chi connectivity index (χ1) is 8.65. The molecule has 5 nitrogen and oxygen atoms in total. The van der Waals surface area contributed by atoms with Crippen molar-refractivity contribution in [2.24, 2.45) is 17.6 Å². The third-order valence-electron chi connectivity index (χ3n) is 4.08. The Morgan fingerprint density at radius 1 is 1.44 bits per heavy atom. The smallest absolute Gasteiger partial charge is 0.223 e. The van der Waals surface area contributed by atoms with Crippen molar-refractivity contribution in [3.63, 3.8) is 0 Å². The van der Waals surface area contributed by atoms with Crippen LogP contribution in [0.3, 0.4) is 0 Å². The maximum Gasteiger partial charge on any atom is 0.223 e. The summed E-state index contributed by atoms with van der Waals surface area (Å²) >= 11 is 0. The number of rotatable bonds is 6. The third kappa shape index (κ3) is 2.40. The summed E-state index contributed by atoms with van der Waals surface area (Å²) in [7, 11) is 0. The predicted molar refractivity (Wildman–Crippen MR) is 66.8 cm³/mol. The van der Waals surface area contributed by atoms with Crippen LogP contribution in [0.15, 0.2) is 0 Å². The molecule has 1 heterocycles. The van der Waals surface area contributed by atoms with Gasteiger partial charge in [-0.05, 0) is 50.9 Å². The summed E-state index contributed by atoms with van der Waals surface area (Å²) in [5.41, 5.74) is 7.22. The van der Waals surface area contributed by atoms with E-state index < -0.39 is 0 Å². The average molecular weight is 248 g/mol. The summed E-state index contributed by atoms with van der Waals surface area (Å²) in [6, 6.07) is 0.410. The summed E-state index contributed by atoms with van der Waals surface area (Å²) in [5.74, 6) is 1.18. The summed E-state index contributed by atoms with van der Waals surface area (Å²) in [4.78, 5) is 11.1. The first kappa shape index (κ1) is 11.7. The van der Waals surface area contributed by atoms with Crippen LogP contribution in [0.4, 0.5) is 0 Å². The lowest BCUT2D eigenvalue weighted by Crippen LogP contribution is -2.17. The Bertz CT molecular complexity index is 460. The molecule has 1 unspecified atom stereocenters. The molecule has 1 amide bonds. The van der Waals surface area contributed by atoms with E-state index >= 15 is 0 Å². The quantitative estimate of drug-likeness (QED) is 0.822. The Morgan fingerprint density at radius 3 is 2.72 bits per heavy atom. The van der Waals surface area contributed by atoms with Crippen LogP contribution in [-0.4, -0.2) is 20.9 Å². The molecule has 5 heteroatoms. The van der Waals surface area contributed by atoms with Crippen LogP contribution in [0.5, 0.6) is 0 Å². The number of hydrogen-bond donors (Lipinski definition) is 1. The first-order valence-electron chi connectivity index (χ1n) is 6.86. The molecular formula is C13H20N4O. The highest BCUT2D eigenvalue weighted by atomic mass is 16.1. The standard InChI is InChI=1S/C13H20N4O/c1-8(10-4-5-10)17-12(6-9-2-3-9)11(15-16-17)7-13(14)18/h8-10H,2-7H2,1H3,(H2,14,18). The molecule has 0 aromatic carbocycles. The van der Waals surface area contributed by atoms with E-state index in [2.05, 4.69) is 17.2 Å². The van der Waals surface area contributed by atoms with Crippen LogP contribution in [0.25, 0.3) is 0 Å². The molecular weight excluding hydrogens is 228 g/mol. The lowest BCUT2D eigenvalue weighted by atomic mass is 10.1. The van der Waals surface area contributed by atoms with E-state index in [-0.39, 0.29) is 12.3 Å². The zero-order valence-corrected chi connectivity index (χ0v) is 10.8. The first-order valence-corrected chi connectivity index (χ1v) is 6.86. The van der Waals surface area contributed by atoms with Gasteiger partial charge in [0.1, 0.15) is 0 Å². The fourth-order valence-corrected chi connectivity index (χ4v) is 2.56. The number of nitrogens with two attached hydrogens (primary N) is 1. The molecule has 1 aromatic rings. The van der Waals surface area contributed by atoms with Gasteiger partial charge in [0.15, 0.2) is 0 Å². The van der Waals surface area contributed by atoms with Crippen molar-refractivity contribution in [1.82, 2.24) is 15.0 Å². The molecule has 18 heavy (non-hydrogen) atoms. The van der Waals surface area contributed by atoms with Crippen LogP contribution in [0.2, 0.25) is 0 Å². The molecule has 2 saturated carbocycles. The van der Waals surface area contributed by atoms with Gasteiger partial charge in [-0.1, -0.05) is 5.21 Å². The molecule has 0 spiro atoms. The van der Waals surface area contributed by atoms with Gasteiger partial charge in [-0.3, -0.25) is 4.79 Å². The Labute approximate surface area is 107 Å². The number of hydrogen-bond acceptors (Lipinski definition) is 3. The van der Waals surface area contributed by atoms with Crippen LogP contribution >= 0.6 is 0 Å². The summed E-state index contributed by atoms with van der Waals surface area (Å²) < 4.78 is 2.05. The number of nitrogens with zero attached hydrogens (tertiary/aromatic N) is 3. The second-order valence-corrected chi connectivity index (χ2v) is 5.80. The van der Waals surface area contributed by atoms with Gasteiger partial charge in [0.05, 0.1) is 23.9 Å². The minimum atomic E-state index is -0.321. The average Bonchev–Trinajstić information content (AvgIpc) is 3.19. The minimum Gasteiger partial charge on any atom is -0.369 e. The molecule has 0 radical (unpaired) electrons. The Kier molecular flexibility index (Phi) is 2.84. The van der Waals surface area contributed by atoms with Crippen molar-refractivity contribution < 1.29 is 4.79 Å². The number of carbonyl (C=O) groups is 1. The summed E-state index contributed by atoms with van der Waals surface area (Å²) in [5, 5.41) is 8.45. The van der Waals surface area contributed by atoms with Gasteiger partial charge in [0, 0.05) is 0 Å². The van der Waals surface area contributed by atoms with E-state index in [9.17, 15) is 4.79 Å². The van der Waals surface area contributed by atoms with E-state index in [1.165, 1.54) is 25.7 Å². The van der Waals surface area contributed by atoms with Gasteiger partial charge in [-0.25, -0.2) is 4.68 Å². The van der Waals surface area contributed by atoms with E-state index in [1.54, 1.807) is 0 Å². The maximum atomic E-state index is 11.1. The van der Waals surface area contributed by atoms with Crippen molar-refractivity contribution in [1.29, 1.82) is 0 Å². The predicted octanol–water partition coefficient (Wildman–Crippen LogP) is 1.23. The van der Waals surface area contributed by atoms with Crippen LogP contribution in [0.1, 0.15) is 50.0 Å². The topological polar surface area (TPSA) is 73.8 Å². The highest BCUT2D eigenvalue weighted by Crippen LogP contribution is 2.41. The lowest BCUT2D eigenvalue weighted by molar-refractivity contribution is -0.117. The third-order valence-corrected chi connectivity index (χ3v) is 4.08. The molecule has 0 saturated heterocycles. The molecule has 2 fully saturated rings. The fraction of sp³-hybridized carbons (Fsp3) is 0.769. The Morgan fingerprint density at radius 2 is 2.17 bits per heavy atom. The van der Waals surface area contributed by atoms with Gasteiger partial charge < -0.3 is 5.73 Å². The monoisotopic (exact) mass is 248 g/mol. The molecule has 98 valence electrons. The van der Waals surface area contributed by atoms with Crippen molar-refractivity contribution >= 4 is 5.91 Å². The minimum absolute atomic E-state index is 0.222. The second kappa shape index (κ2) is 4.37. The molecule has 0 bridgehead atoms. The zero-order chi connectivity index (χ0) is 12.7. The normalized spacial score (nSPS) is 20.9. The molecule has 2 N–H and O–H groups in total. The number of amides is 1. The largest absolute Gasteiger partial charge is 0.369 e. The van der Waals surface area contributed by atoms with Gasteiger partial charge in [-0.2, -0.15) is 0 Å². The fourth-order valence-electron chi connectivity index (χ4n) is 2.56. The van der Waals surface area contributed by atoms with Gasteiger partial charge in [-0.15, -0.1) is 5.10 Å². The van der Waals surface area contributed by atoms with Gasteiger partial charge in [0.2, 0.25) is 5.91 Å². The second-order valence-electron chi connectivity index (χ2n) is 5.80. The lowest BCUT2D eigenvalue weighted by Gasteiger charge is -2.14. The van der Waals surface area contributed by atoms with Crippen molar-refractivity contribution in [3.8, 4) is 0 Å². The van der Waals surface area contributed by atoms with E-state index in [0.29, 0.717) is 6.04 Å². The number of carbonyl (C=O) groups excluding carboxylic acids is 1. The highest BCUT2D eigenvalue weighted by Gasteiger charge is 2.33. The molecule has 1 atom stereocenters. The van der Waals surface area contributed by atoms with Crippen LogP contribution < -0.4 is 5.73 Å². The molecule has 1 aromatic heterocycles. The Hall–Kier alpha value is -1.39.